The number of hydrogen-bond donors (Lipinski definition) is 2. The van der Waals surface area contributed by atoms with Gasteiger partial charge in [0, 0.05) is 10.4 Å². The van der Waals surface area contributed by atoms with Gasteiger partial charge >= 0.3 is 5.97 Å². The van der Waals surface area contributed by atoms with E-state index in [0.717, 1.165) is 35.3 Å². The van der Waals surface area contributed by atoms with Gasteiger partial charge in [0.2, 0.25) is 5.91 Å². The summed E-state index contributed by atoms with van der Waals surface area (Å²) in [6.45, 7) is 4.42. The van der Waals surface area contributed by atoms with Crippen LogP contribution in [0.25, 0.3) is 0 Å². The first kappa shape index (κ1) is 30.3. The highest BCUT2D eigenvalue weighted by Crippen LogP contribution is 2.40. The van der Waals surface area contributed by atoms with Gasteiger partial charge in [-0.05, 0) is 62.4 Å². The number of fused-ring (bicyclic) bond motifs is 1. The van der Waals surface area contributed by atoms with Crippen molar-refractivity contribution in [1.82, 2.24) is 20.1 Å². The maximum atomic E-state index is 13.4. The summed E-state index contributed by atoms with van der Waals surface area (Å²) >= 11 is 2.72. The molecule has 2 aromatic carbocycles. The van der Waals surface area contributed by atoms with Crippen LogP contribution in [0, 0.1) is 0 Å². The summed E-state index contributed by atoms with van der Waals surface area (Å²) in [4.78, 5) is 40.1. The lowest BCUT2D eigenvalue weighted by atomic mass is 10.1. The maximum absolute atomic E-state index is 13.4. The van der Waals surface area contributed by atoms with E-state index in [1.165, 1.54) is 23.1 Å². The standard InChI is InChI=1S/C31H33N5O5S2/c1-4-41-30(39)26-23-14-9-15-24(23)43-29(26)33-27(37)19(2)42-31-35-34-25(36(31)18-20-10-6-5-7-11-20)17-32-28(38)21-12-8-13-22(16-21)40-3/h5-8,10-13,16,19H,4,9,14-15,17-18H2,1-3H3,(H,32,38)(H,33,37)/t19-/m0/s1. The molecule has 4 aromatic rings. The highest BCUT2D eigenvalue weighted by molar-refractivity contribution is 8.00. The van der Waals surface area contributed by atoms with Gasteiger partial charge in [-0.1, -0.05) is 48.2 Å². The molecule has 0 unspecified atom stereocenters. The molecular weight excluding hydrogens is 587 g/mol. The number of anilines is 1. The van der Waals surface area contributed by atoms with Crippen LogP contribution in [0.1, 0.15) is 62.8 Å². The Bertz CT molecular complexity index is 1620. The largest absolute Gasteiger partial charge is 0.497 e. The van der Waals surface area contributed by atoms with Crippen molar-refractivity contribution >= 4 is 45.9 Å². The topological polar surface area (TPSA) is 124 Å². The summed E-state index contributed by atoms with van der Waals surface area (Å²) in [5.74, 6) is 0.218. The number of amides is 2. The molecule has 224 valence electrons. The first-order chi connectivity index (χ1) is 20.9. The lowest BCUT2D eigenvalue weighted by molar-refractivity contribution is -0.115. The fourth-order valence-corrected chi connectivity index (χ4v) is 6.97. The molecule has 0 bridgehead atoms. The zero-order valence-electron chi connectivity index (χ0n) is 24.2. The molecule has 2 aromatic heterocycles. The minimum Gasteiger partial charge on any atom is -0.497 e. The molecule has 0 spiro atoms. The molecule has 2 heterocycles. The van der Waals surface area contributed by atoms with E-state index in [0.29, 0.717) is 39.4 Å². The van der Waals surface area contributed by atoms with Crippen LogP contribution in [-0.2, 0) is 35.5 Å². The molecule has 2 amide bonds. The van der Waals surface area contributed by atoms with E-state index >= 15 is 0 Å². The van der Waals surface area contributed by atoms with E-state index in [4.69, 9.17) is 9.47 Å². The number of aryl methyl sites for hydroxylation is 1. The van der Waals surface area contributed by atoms with Crippen LogP contribution in [0.3, 0.4) is 0 Å². The Kier molecular flexibility index (Phi) is 9.78. The van der Waals surface area contributed by atoms with Crippen molar-refractivity contribution in [3.8, 4) is 5.75 Å². The number of esters is 1. The number of thioether (sulfide) groups is 1. The van der Waals surface area contributed by atoms with Crippen LogP contribution in [0.2, 0.25) is 0 Å². The van der Waals surface area contributed by atoms with Gasteiger partial charge in [0.1, 0.15) is 10.8 Å². The Morgan fingerprint density at radius 1 is 1.09 bits per heavy atom. The average molecular weight is 620 g/mol. The summed E-state index contributed by atoms with van der Waals surface area (Å²) in [5, 5.41) is 15.2. The van der Waals surface area contributed by atoms with Crippen molar-refractivity contribution in [2.24, 2.45) is 0 Å². The number of nitrogens with zero attached hydrogens (tertiary/aromatic N) is 3. The molecule has 43 heavy (non-hydrogen) atoms. The second-order valence-corrected chi connectivity index (χ2v) is 12.3. The molecule has 1 atom stereocenters. The molecule has 0 saturated carbocycles. The number of nitrogens with one attached hydrogen (secondary N) is 2. The van der Waals surface area contributed by atoms with E-state index in [2.05, 4.69) is 20.8 Å². The van der Waals surface area contributed by atoms with Crippen molar-refractivity contribution < 1.29 is 23.9 Å². The van der Waals surface area contributed by atoms with Crippen molar-refractivity contribution in [2.75, 3.05) is 19.0 Å². The van der Waals surface area contributed by atoms with Crippen LogP contribution in [0.4, 0.5) is 5.00 Å². The summed E-state index contributed by atoms with van der Waals surface area (Å²) < 4.78 is 12.4. The molecule has 10 nitrogen and oxygen atoms in total. The van der Waals surface area contributed by atoms with Gasteiger partial charge in [0.05, 0.1) is 37.6 Å². The Morgan fingerprint density at radius 3 is 2.67 bits per heavy atom. The number of hydrogen-bond acceptors (Lipinski definition) is 9. The first-order valence-corrected chi connectivity index (χ1v) is 15.7. The highest BCUT2D eigenvalue weighted by atomic mass is 32.2. The third-order valence-corrected chi connectivity index (χ3v) is 9.29. The van der Waals surface area contributed by atoms with Crippen molar-refractivity contribution in [2.45, 2.75) is 56.6 Å². The SMILES string of the molecule is CCOC(=O)c1c(NC(=O)[C@H](C)Sc2nnc(CNC(=O)c3cccc(OC)c3)n2Cc2ccccc2)sc2c1CCC2. The molecule has 0 fully saturated rings. The number of aromatic nitrogens is 3. The van der Waals surface area contributed by atoms with Crippen molar-refractivity contribution in [3.63, 3.8) is 0 Å². The molecule has 0 radical (unpaired) electrons. The number of ether oxygens (including phenoxy) is 2. The molecule has 1 aliphatic rings. The molecule has 12 heteroatoms. The fourth-order valence-electron chi connectivity index (χ4n) is 4.82. The Hall–Kier alpha value is -4.16. The minimum atomic E-state index is -0.551. The highest BCUT2D eigenvalue weighted by Gasteiger charge is 2.30. The lowest BCUT2D eigenvalue weighted by Crippen LogP contribution is -2.25. The second kappa shape index (κ2) is 13.9. The molecule has 0 saturated heterocycles. The number of thiophene rings is 1. The molecule has 0 aliphatic heterocycles. The quantitative estimate of drug-likeness (QED) is 0.166. The molecular formula is C31H33N5O5S2. The first-order valence-electron chi connectivity index (χ1n) is 14.0. The van der Waals surface area contributed by atoms with Crippen LogP contribution in [0.15, 0.2) is 59.8 Å². The molecule has 2 N–H and O–H groups in total. The van der Waals surface area contributed by atoms with Crippen molar-refractivity contribution in [3.05, 3.63) is 87.6 Å². The minimum absolute atomic E-state index is 0.140. The van der Waals surface area contributed by atoms with Gasteiger partial charge in [-0.3, -0.25) is 9.59 Å². The van der Waals surface area contributed by atoms with Crippen LogP contribution in [0.5, 0.6) is 5.75 Å². The third kappa shape index (κ3) is 7.08. The number of carbonyl (C=O) groups is 3. The Morgan fingerprint density at radius 2 is 1.91 bits per heavy atom. The van der Waals surface area contributed by atoms with Gasteiger partial charge < -0.3 is 24.7 Å². The Labute approximate surface area is 258 Å². The lowest BCUT2D eigenvalue weighted by Gasteiger charge is -2.15. The van der Waals surface area contributed by atoms with Gasteiger partial charge in [-0.25, -0.2) is 4.79 Å². The van der Waals surface area contributed by atoms with E-state index in [9.17, 15) is 14.4 Å². The van der Waals surface area contributed by atoms with E-state index in [1.54, 1.807) is 45.2 Å². The van der Waals surface area contributed by atoms with E-state index in [-0.39, 0.29) is 25.0 Å². The predicted octanol–water partition coefficient (Wildman–Crippen LogP) is 5.11. The average Bonchev–Trinajstić information content (AvgIpc) is 3.71. The van der Waals surface area contributed by atoms with Crippen LogP contribution in [-0.4, -0.2) is 51.5 Å². The van der Waals surface area contributed by atoms with Gasteiger partial charge in [0.15, 0.2) is 11.0 Å². The number of methoxy groups -OCH3 is 1. The van der Waals surface area contributed by atoms with Crippen LogP contribution < -0.4 is 15.4 Å². The third-order valence-electron chi connectivity index (χ3n) is 7.00. The number of rotatable bonds is 12. The van der Waals surface area contributed by atoms with Gasteiger partial charge in [-0.2, -0.15) is 0 Å². The summed E-state index contributed by atoms with van der Waals surface area (Å²) in [6.07, 6.45) is 2.69. The number of carbonyl (C=O) groups excluding carboxylic acids is 3. The van der Waals surface area contributed by atoms with E-state index in [1.807, 2.05) is 34.9 Å². The van der Waals surface area contributed by atoms with Crippen molar-refractivity contribution in [1.29, 1.82) is 0 Å². The monoisotopic (exact) mass is 619 g/mol. The Balaban J connectivity index is 1.33. The predicted molar refractivity (Wildman–Crippen MR) is 166 cm³/mol. The normalized spacial score (nSPS) is 12.8. The summed E-state index contributed by atoms with van der Waals surface area (Å²) in [5.41, 5.74) is 2.96. The summed E-state index contributed by atoms with van der Waals surface area (Å²) in [6, 6.07) is 16.7. The second-order valence-electron chi connectivity index (χ2n) is 9.92. The van der Waals surface area contributed by atoms with Gasteiger partial charge in [-0.15, -0.1) is 21.5 Å². The zero-order chi connectivity index (χ0) is 30.3. The molecule has 1 aliphatic carbocycles. The summed E-state index contributed by atoms with van der Waals surface area (Å²) in [7, 11) is 1.55. The van der Waals surface area contributed by atoms with E-state index < -0.39 is 11.2 Å². The van der Waals surface area contributed by atoms with Crippen LogP contribution >= 0.6 is 23.1 Å². The number of benzene rings is 2. The fraction of sp³-hybridized carbons (Fsp3) is 0.323. The smallest absolute Gasteiger partial charge is 0.341 e. The van der Waals surface area contributed by atoms with Gasteiger partial charge in [0.25, 0.3) is 5.91 Å². The maximum Gasteiger partial charge on any atom is 0.341 e. The zero-order valence-corrected chi connectivity index (χ0v) is 25.8. The molecule has 5 rings (SSSR count).